The highest BCUT2D eigenvalue weighted by molar-refractivity contribution is 6.32. The summed E-state index contributed by atoms with van der Waals surface area (Å²) in [5.74, 6) is 0.413. The number of rotatable bonds is 4. The fourth-order valence-electron chi connectivity index (χ4n) is 1.76. The van der Waals surface area contributed by atoms with Crippen molar-refractivity contribution in [3.05, 3.63) is 53.1 Å². The van der Waals surface area contributed by atoms with Crippen molar-refractivity contribution < 1.29 is 9.53 Å². The van der Waals surface area contributed by atoms with Crippen LogP contribution in [0.3, 0.4) is 0 Å². The highest BCUT2D eigenvalue weighted by Gasteiger charge is 2.07. The number of nitrogens with two attached hydrogens (primary N) is 1. The van der Waals surface area contributed by atoms with Gasteiger partial charge in [0.1, 0.15) is 5.75 Å². The Morgan fingerprint density at radius 2 is 1.95 bits per heavy atom. The molecule has 20 heavy (non-hydrogen) atoms. The first-order valence-corrected chi connectivity index (χ1v) is 6.44. The molecule has 0 aliphatic rings. The fraction of sp³-hybridized carbons (Fsp3) is 0.133. The molecule has 0 fully saturated rings. The Kier molecular flexibility index (Phi) is 4.48. The molecular weight excluding hydrogens is 276 g/mol. The van der Waals surface area contributed by atoms with Gasteiger partial charge in [-0.1, -0.05) is 23.7 Å². The van der Waals surface area contributed by atoms with Crippen LogP contribution in [0, 0.1) is 0 Å². The van der Waals surface area contributed by atoms with Gasteiger partial charge in [0.15, 0.2) is 0 Å². The van der Waals surface area contributed by atoms with E-state index in [4.69, 9.17) is 22.1 Å². The Balaban J connectivity index is 2.02. The SMILES string of the molecule is COc1cc(NC(=O)Cc2ccc(N)cc2)ccc1Cl. The number of anilines is 2. The summed E-state index contributed by atoms with van der Waals surface area (Å²) in [4.78, 5) is 11.9. The van der Waals surface area contributed by atoms with Gasteiger partial charge >= 0.3 is 0 Å². The quantitative estimate of drug-likeness (QED) is 0.850. The van der Waals surface area contributed by atoms with Crippen LogP contribution in [0.25, 0.3) is 0 Å². The lowest BCUT2D eigenvalue weighted by Crippen LogP contribution is -2.14. The summed E-state index contributed by atoms with van der Waals surface area (Å²) >= 11 is 5.93. The number of carbonyl (C=O) groups is 1. The molecule has 104 valence electrons. The van der Waals surface area contributed by atoms with E-state index in [9.17, 15) is 4.79 Å². The first-order chi connectivity index (χ1) is 9.58. The van der Waals surface area contributed by atoms with Crippen molar-refractivity contribution in [2.24, 2.45) is 0 Å². The van der Waals surface area contributed by atoms with Gasteiger partial charge in [0, 0.05) is 17.4 Å². The molecule has 3 N–H and O–H groups in total. The van der Waals surface area contributed by atoms with Gasteiger partial charge in [-0.05, 0) is 29.8 Å². The van der Waals surface area contributed by atoms with E-state index < -0.39 is 0 Å². The molecule has 5 heteroatoms. The van der Waals surface area contributed by atoms with E-state index in [1.807, 2.05) is 12.1 Å². The van der Waals surface area contributed by atoms with E-state index in [2.05, 4.69) is 5.32 Å². The predicted molar refractivity (Wildman–Crippen MR) is 81.2 cm³/mol. The lowest BCUT2D eigenvalue weighted by Gasteiger charge is -2.08. The third-order valence-electron chi connectivity index (χ3n) is 2.78. The molecule has 2 aromatic rings. The fourth-order valence-corrected chi connectivity index (χ4v) is 1.96. The molecule has 0 saturated heterocycles. The van der Waals surface area contributed by atoms with Gasteiger partial charge < -0.3 is 15.8 Å². The molecule has 2 aromatic carbocycles. The molecule has 0 atom stereocenters. The van der Waals surface area contributed by atoms with Gasteiger partial charge in [0.2, 0.25) is 5.91 Å². The molecule has 0 aromatic heterocycles. The van der Waals surface area contributed by atoms with Gasteiger partial charge in [-0.2, -0.15) is 0 Å². The highest BCUT2D eigenvalue weighted by atomic mass is 35.5. The number of ether oxygens (including phenoxy) is 1. The number of methoxy groups -OCH3 is 1. The van der Waals surface area contributed by atoms with Crippen LogP contribution >= 0.6 is 11.6 Å². The second-order valence-electron chi connectivity index (χ2n) is 4.32. The molecule has 0 aliphatic heterocycles. The summed E-state index contributed by atoms with van der Waals surface area (Å²) in [7, 11) is 1.53. The zero-order chi connectivity index (χ0) is 14.5. The highest BCUT2D eigenvalue weighted by Crippen LogP contribution is 2.27. The van der Waals surface area contributed by atoms with Crippen LogP contribution in [0.4, 0.5) is 11.4 Å². The van der Waals surface area contributed by atoms with Crippen molar-refractivity contribution in [3.63, 3.8) is 0 Å². The van der Waals surface area contributed by atoms with Gasteiger partial charge in [0.05, 0.1) is 18.6 Å². The van der Waals surface area contributed by atoms with E-state index in [0.717, 1.165) is 5.56 Å². The lowest BCUT2D eigenvalue weighted by molar-refractivity contribution is -0.115. The van der Waals surface area contributed by atoms with Crippen LogP contribution in [0.2, 0.25) is 5.02 Å². The Bertz CT molecular complexity index is 612. The van der Waals surface area contributed by atoms with E-state index >= 15 is 0 Å². The normalized spacial score (nSPS) is 10.1. The van der Waals surface area contributed by atoms with Gasteiger partial charge in [-0.3, -0.25) is 4.79 Å². The summed E-state index contributed by atoms with van der Waals surface area (Å²) in [5.41, 5.74) is 7.82. The lowest BCUT2D eigenvalue weighted by atomic mass is 10.1. The molecule has 1 amide bonds. The van der Waals surface area contributed by atoms with Gasteiger partial charge in [0.25, 0.3) is 0 Å². The summed E-state index contributed by atoms with van der Waals surface area (Å²) in [6, 6.07) is 12.3. The largest absolute Gasteiger partial charge is 0.495 e. The number of carbonyl (C=O) groups excluding carboxylic acids is 1. The number of amides is 1. The Hall–Kier alpha value is -2.20. The third kappa shape index (κ3) is 3.65. The van der Waals surface area contributed by atoms with Crippen molar-refractivity contribution in [2.75, 3.05) is 18.2 Å². The molecule has 0 aliphatic carbocycles. The second kappa shape index (κ2) is 6.30. The molecule has 0 saturated carbocycles. The number of nitrogen functional groups attached to an aromatic ring is 1. The van der Waals surface area contributed by atoms with Crippen molar-refractivity contribution in [1.29, 1.82) is 0 Å². The number of halogens is 1. The van der Waals surface area contributed by atoms with Crippen LogP contribution in [0.15, 0.2) is 42.5 Å². The van der Waals surface area contributed by atoms with Crippen LogP contribution in [-0.2, 0) is 11.2 Å². The summed E-state index contributed by atoms with van der Waals surface area (Å²) in [5, 5.41) is 3.30. The maximum atomic E-state index is 11.9. The first kappa shape index (κ1) is 14.2. The van der Waals surface area contributed by atoms with Crippen LogP contribution in [-0.4, -0.2) is 13.0 Å². The average molecular weight is 291 g/mol. The molecule has 2 rings (SSSR count). The van der Waals surface area contributed by atoms with Crippen molar-refractivity contribution in [3.8, 4) is 5.75 Å². The van der Waals surface area contributed by atoms with E-state index in [0.29, 0.717) is 22.1 Å². The summed E-state index contributed by atoms with van der Waals surface area (Å²) in [6.07, 6.45) is 0.283. The predicted octanol–water partition coefficient (Wildman–Crippen LogP) is 3.11. The first-order valence-electron chi connectivity index (χ1n) is 6.06. The van der Waals surface area contributed by atoms with Crippen molar-refractivity contribution >= 4 is 28.9 Å². The minimum absolute atomic E-state index is 0.112. The molecule has 4 nitrogen and oxygen atoms in total. The topological polar surface area (TPSA) is 64.3 Å². The molecule has 0 unspecified atom stereocenters. The maximum Gasteiger partial charge on any atom is 0.228 e. The zero-order valence-corrected chi connectivity index (χ0v) is 11.8. The summed E-state index contributed by atoms with van der Waals surface area (Å²) in [6.45, 7) is 0. The van der Waals surface area contributed by atoms with Crippen molar-refractivity contribution in [1.82, 2.24) is 0 Å². The third-order valence-corrected chi connectivity index (χ3v) is 3.09. The minimum Gasteiger partial charge on any atom is -0.495 e. The smallest absolute Gasteiger partial charge is 0.228 e. The standard InChI is InChI=1S/C15H15ClN2O2/c1-20-14-9-12(6-7-13(14)16)18-15(19)8-10-2-4-11(17)5-3-10/h2-7,9H,8,17H2,1H3,(H,18,19). The number of benzene rings is 2. The molecule has 0 heterocycles. The Labute approximate surface area is 122 Å². The van der Waals surface area contributed by atoms with Gasteiger partial charge in [-0.15, -0.1) is 0 Å². The maximum absolute atomic E-state index is 11.9. The monoisotopic (exact) mass is 290 g/mol. The minimum atomic E-state index is -0.112. The number of hydrogen-bond donors (Lipinski definition) is 2. The Morgan fingerprint density at radius 3 is 2.60 bits per heavy atom. The van der Waals surface area contributed by atoms with Gasteiger partial charge in [-0.25, -0.2) is 0 Å². The summed E-state index contributed by atoms with van der Waals surface area (Å²) < 4.78 is 5.10. The molecule has 0 spiro atoms. The number of hydrogen-bond acceptors (Lipinski definition) is 3. The average Bonchev–Trinajstić information content (AvgIpc) is 2.43. The van der Waals surface area contributed by atoms with E-state index in [1.165, 1.54) is 7.11 Å². The van der Waals surface area contributed by atoms with E-state index in [-0.39, 0.29) is 12.3 Å². The molecule has 0 bridgehead atoms. The zero-order valence-electron chi connectivity index (χ0n) is 11.0. The molecular formula is C15H15ClN2O2. The van der Waals surface area contributed by atoms with Crippen LogP contribution < -0.4 is 15.8 Å². The van der Waals surface area contributed by atoms with Crippen molar-refractivity contribution in [2.45, 2.75) is 6.42 Å². The molecule has 0 radical (unpaired) electrons. The van der Waals surface area contributed by atoms with Crippen LogP contribution in [0.1, 0.15) is 5.56 Å². The second-order valence-corrected chi connectivity index (χ2v) is 4.72. The van der Waals surface area contributed by atoms with Crippen LogP contribution in [0.5, 0.6) is 5.75 Å². The Morgan fingerprint density at radius 1 is 1.25 bits per heavy atom. The number of nitrogens with one attached hydrogen (secondary N) is 1. The van der Waals surface area contributed by atoms with E-state index in [1.54, 1.807) is 30.3 Å².